The number of benzene rings is 2. The maximum absolute atomic E-state index is 11.8. The van der Waals surface area contributed by atoms with Crippen molar-refractivity contribution in [2.75, 3.05) is 17.2 Å². The molecule has 3 N–H and O–H groups in total. The summed E-state index contributed by atoms with van der Waals surface area (Å²) < 4.78 is 0. The molecule has 0 unspecified atom stereocenters. The van der Waals surface area contributed by atoms with Crippen LogP contribution >= 0.6 is 11.6 Å². The van der Waals surface area contributed by atoms with Crippen molar-refractivity contribution in [3.8, 4) is 0 Å². The van der Waals surface area contributed by atoms with Gasteiger partial charge in [0.15, 0.2) is 0 Å². The van der Waals surface area contributed by atoms with Crippen molar-refractivity contribution < 1.29 is 9.59 Å². The monoisotopic (exact) mass is 317 g/mol. The molecule has 0 fully saturated rings. The van der Waals surface area contributed by atoms with Gasteiger partial charge >= 0.3 is 6.03 Å². The number of anilines is 2. The summed E-state index contributed by atoms with van der Waals surface area (Å²) in [4.78, 5) is 23.4. The zero-order valence-corrected chi connectivity index (χ0v) is 12.8. The van der Waals surface area contributed by atoms with E-state index in [2.05, 4.69) is 16.0 Å². The number of urea groups is 1. The summed E-state index contributed by atoms with van der Waals surface area (Å²) in [6.07, 6.45) is 0. The first kappa shape index (κ1) is 15.9. The van der Waals surface area contributed by atoms with E-state index in [1.165, 1.54) is 0 Å². The third-order valence-electron chi connectivity index (χ3n) is 2.90. The van der Waals surface area contributed by atoms with Crippen molar-refractivity contribution in [3.63, 3.8) is 0 Å². The minimum absolute atomic E-state index is 0.135. The van der Waals surface area contributed by atoms with Crippen LogP contribution < -0.4 is 16.0 Å². The molecule has 2 rings (SSSR count). The molecule has 0 atom stereocenters. The zero-order chi connectivity index (χ0) is 15.9. The lowest BCUT2D eigenvalue weighted by molar-refractivity contribution is -0.115. The van der Waals surface area contributed by atoms with Gasteiger partial charge in [-0.2, -0.15) is 0 Å². The number of amides is 3. The fourth-order valence-electron chi connectivity index (χ4n) is 1.73. The van der Waals surface area contributed by atoms with Gasteiger partial charge < -0.3 is 16.0 Å². The van der Waals surface area contributed by atoms with Gasteiger partial charge in [0.1, 0.15) is 0 Å². The van der Waals surface area contributed by atoms with Crippen LogP contribution in [-0.2, 0) is 4.79 Å². The number of halogens is 1. The van der Waals surface area contributed by atoms with E-state index < -0.39 is 6.03 Å². The quantitative estimate of drug-likeness (QED) is 0.808. The number of aryl methyl sites for hydroxylation is 1. The Bertz CT molecular complexity index is 674. The predicted octanol–water partition coefficient (Wildman–Crippen LogP) is 3.41. The second-order valence-electron chi connectivity index (χ2n) is 4.69. The number of hydrogen-bond acceptors (Lipinski definition) is 2. The molecule has 0 bridgehead atoms. The van der Waals surface area contributed by atoms with Crippen LogP contribution in [-0.4, -0.2) is 18.5 Å². The summed E-state index contributed by atoms with van der Waals surface area (Å²) in [5.41, 5.74) is 2.18. The van der Waals surface area contributed by atoms with Crippen molar-refractivity contribution in [1.82, 2.24) is 5.32 Å². The number of carbonyl (C=O) groups excluding carboxylic acids is 2. The summed E-state index contributed by atoms with van der Waals surface area (Å²) in [5, 5.41) is 8.35. The molecule has 0 aromatic heterocycles. The maximum Gasteiger partial charge on any atom is 0.319 e. The summed E-state index contributed by atoms with van der Waals surface area (Å²) in [6.45, 7) is 1.74. The number of nitrogens with one attached hydrogen (secondary N) is 3. The maximum atomic E-state index is 11.8. The Labute approximate surface area is 133 Å². The Kier molecular flexibility index (Phi) is 5.38. The highest BCUT2D eigenvalue weighted by Crippen LogP contribution is 2.19. The Morgan fingerprint density at radius 3 is 2.41 bits per heavy atom. The average molecular weight is 318 g/mol. The molecule has 0 heterocycles. The molecule has 0 spiro atoms. The highest BCUT2D eigenvalue weighted by Gasteiger charge is 2.06. The van der Waals surface area contributed by atoms with Crippen LogP contribution in [0.15, 0.2) is 48.5 Å². The van der Waals surface area contributed by atoms with Gasteiger partial charge in [-0.3, -0.25) is 4.79 Å². The van der Waals surface area contributed by atoms with Crippen LogP contribution in [0.3, 0.4) is 0 Å². The van der Waals surface area contributed by atoms with Crippen molar-refractivity contribution in [1.29, 1.82) is 0 Å². The SMILES string of the molecule is Cc1ccc(NC(=O)CNC(=O)Nc2ccccc2)cc1Cl. The molecule has 5 nitrogen and oxygen atoms in total. The third kappa shape index (κ3) is 4.79. The molecule has 22 heavy (non-hydrogen) atoms. The molecule has 0 aliphatic rings. The van der Waals surface area contributed by atoms with E-state index >= 15 is 0 Å². The lowest BCUT2D eigenvalue weighted by Gasteiger charge is -2.09. The summed E-state index contributed by atoms with van der Waals surface area (Å²) in [6, 6.07) is 13.8. The molecule has 6 heteroatoms. The standard InChI is InChI=1S/C16H16ClN3O2/c1-11-7-8-13(9-14(11)17)19-15(21)10-18-16(22)20-12-5-3-2-4-6-12/h2-9H,10H2,1H3,(H,19,21)(H2,18,20,22). The second kappa shape index (κ2) is 7.47. The Morgan fingerprint density at radius 1 is 1.00 bits per heavy atom. The van der Waals surface area contributed by atoms with Crippen molar-refractivity contribution in [2.24, 2.45) is 0 Å². The lowest BCUT2D eigenvalue weighted by atomic mass is 10.2. The van der Waals surface area contributed by atoms with Gasteiger partial charge in [0.2, 0.25) is 5.91 Å². The topological polar surface area (TPSA) is 70.2 Å². The first-order valence-corrected chi connectivity index (χ1v) is 7.08. The molecular formula is C16H16ClN3O2. The minimum Gasteiger partial charge on any atom is -0.329 e. The Morgan fingerprint density at radius 2 is 1.73 bits per heavy atom. The Balaban J connectivity index is 1.80. The van der Waals surface area contributed by atoms with E-state index in [1.54, 1.807) is 24.3 Å². The zero-order valence-electron chi connectivity index (χ0n) is 12.0. The first-order valence-electron chi connectivity index (χ1n) is 6.70. The number of hydrogen-bond donors (Lipinski definition) is 3. The molecule has 0 aliphatic carbocycles. The molecule has 3 amide bonds. The van der Waals surface area contributed by atoms with Gasteiger partial charge in [-0.05, 0) is 36.8 Å². The third-order valence-corrected chi connectivity index (χ3v) is 3.30. The van der Waals surface area contributed by atoms with Crippen molar-refractivity contribution in [3.05, 3.63) is 59.1 Å². The van der Waals surface area contributed by atoms with Gasteiger partial charge in [0.05, 0.1) is 6.54 Å². The fourth-order valence-corrected chi connectivity index (χ4v) is 1.91. The molecule has 2 aromatic carbocycles. The van der Waals surface area contributed by atoms with Gasteiger partial charge in [0.25, 0.3) is 0 Å². The first-order chi connectivity index (χ1) is 10.5. The van der Waals surface area contributed by atoms with Gasteiger partial charge in [-0.1, -0.05) is 35.9 Å². The number of para-hydroxylation sites is 1. The Hall–Kier alpha value is -2.53. The lowest BCUT2D eigenvalue weighted by Crippen LogP contribution is -2.35. The number of carbonyl (C=O) groups is 2. The van der Waals surface area contributed by atoms with Crippen LogP contribution in [0.4, 0.5) is 16.2 Å². The normalized spacial score (nSPS) is 9.91. The van der Waals surface area contributed by atoms with Crippen LogP contribution in [0.2, 0.25) is 5.02 Å². The van der Waals surface area contributed by atoms with E-state index in [1.807, 2.05) is 31.2 Å². The van der Waals surface area contributed by atoms with Gasteiger partial charge in [0, 0.05) is 16.4 Å². The van der Waals surface area contributed by atoms with Crippen molar-refractivity contribution in [2.45, 2.75) is 6.92 Å². The minimum atomic E-state index is -0.441. The van der Waals surface area contributed by atoms with Gasteiger partial charge in [-0.25, -0.2) is 4.79 Å². The largest absolute Gasteiger partial charge is 0.329 e. The molecule has 0 aliphatic heterocycles. The molecule has 0 radical (unpaired) electrons. The molecular weight excluding hydrogens is 302 g/mol. The molecule has 2 aromatic rings. The number of rotatable bonds is 4. The molecule has 0 saturated heterocycles. The van der Waals surface area contributed by atoms with Gasteiger partial charge in [-0.15, -0.1) is 0 Å². The smallest absolute Gasteiger partial charge is 0.319 e. The van der Waals surface area contributed by atoms with Crippen LogP contribution in [0, 0.1) is 6.92 Å². The fraction of sp³-hybridized carbons (Fsp3) is 0.125. The highest BCUT2D eigenvalue weighted by molar-refractivity contribution is 6.31. The highest BCUT2D eigenvalue weighted by atomic mass is 35.5. The summed E-state index contributed by atoms with van der Waals surface area (Å²) >= 11 is 5.98. The van der Waals surface area contributed by atoms with Crippen molar-refractivity contribution >= 4 is 34.9 Å². The van der Waals surface area contributed by atoms with E-state index in [0.717, 1.165) is 5.56 Å². The van der Waals surface area contributed by atoms with E-state index in [4.69, 9.17) is 11.6 Å². The summed E-state index contributed by atoms with van der Waals surface area (Å²) in [5.74, 6) is -0.330. The van der Waals surface area contributed by atoms with E-state index in [9.17, 15) is 9.59 Å². The second-order valence-corrected chi connectivity index (χ2v) is 5.09. The average Bonchev–Trinajstić information content (AvgIpc) is 2.50. The van der Waals surface area contributed by atoms with Crippen LogP contribution in [0.5, 0.6) is 0 Å². The predicted molar refractivity (Wildman–Crippen MR) is 88.3 cm³/mol. The molecule has 114 valence electrons. The van der Waals surface area contributed by atoms with Crippen LogP contribution in [0.1, 0.15) is 5.56 Å². The van der Waals surface area contributed by atoms with E-state index in [0.29, 0.717) is 16.4 Å². The van der Waals surface area contributed by atoms with Crippen LogP contribution in [0.25, 0.3) is 0 Å². The summed E-state index contributed by atoms with van der Waals surface area (Å²) in [7, 11) is 0. The van der Waals surface area contributed by atoms with E-state index in [-0.39, 0.29) is 12.5 Å². The molecule has 0 saturated carbocycles.